The number of nitrogen functional groups attached to an aromatic ring is 1. The third-order valence-electron chi connectivity index (χ3n) is 2.61. The monoisotopic (exact) mass is 247 g/mol. The number of rotatable bonds is 3. The summed E-state index contributed by atoms with van der Waals surface area (Å²) < 4.78 is 18.4. The second-order valence-corrected chi connectivity index (χ2v) is 3.83. The minimum Gasteiger partial charge on any atom is -0.479 e. The number of aromatic nitrogens is 1. The van der Waals surface area contributed by atoms with Crippen molar-refractivity contribution in [3.8, 4) is 5.88 Å². The van der Waals surface area contributed by atoms with E-state index in [0.29, 0.717) is 28.6 Å². The minimum atomic E-state index is -0.262. The van der Waals surface area contributed by atoms with Gasteiger partial charge in [0.05, 0.1) is 12.8 Å². The van der Waals surface area contributed by atoms with E-state index in [0.717, 1.165) is 0 Å². The van der Waals surface area contributed by atoms with Gasteiger partial charge in [-0.2, -0.15) is 4.98 Å². The zero-order valence-corrected chi connectivity index (χ0v) is 10.2. The predicted octanol–water partition coefficient (Wildman–Crippen LogP) is 2.86. The predicted molar refractivity (Wildman–Crippen MR) is 69.6 cm³/mol. The summed E-state index contributed by atoms with van der Waals surface area (Å²) in [6, 6.07) is 8.23. The SMILES string of the molecule is COc1nc(Nc2cccc(F)c2C)ccc1N. The van der Waals surface area contributed by atoms with Crippen LogP contribution in [0.3, 0.4) is 0 Å². The van der Waals surface area contributed by atoms with Gasteiger partial charge in [-0.05, 0) is 31.2 Å². The molecule has 0 spiro atoms. The Morgan fingerprint density at radius 1 is 1.28 bits per heavy atom. The highest BCUT2D eigenvalue weighted by Crippen LogP contribution is 2.25. The number of hydrogen-bond acceptors (Lipinski definition) is 4. The van der Waals surface area contributed by atoms with E-state index >= 15 is 0 Å². The second-order valence-electron chi connectivity index (χ2n) is 3.83. The Hall–Kier alpha value is -2.30. The molecule has 1 aromatic carbocycles. The Labute approximate surface area is 105 Å². The molecular weight excluding hydrogens is 233 g/mol. The van der Waals surface area contributed by atoms with E-state index in [2.05, 4.69) is 10.3 Å². The van der Waals surface area contributed by atoms with Gasteiger partial charge in [-0.15, -0.1) is 0 Å². The highest BCUT2D eigenvalue weighted by molar-refractivity contribution is 5.63. The largest absolute Gasteiger partial charge is 0.479 e. The number of halogens is 1. The van der Waals surface area contributed by atoms with Crippen LogP contribution in [-0.4, -0.2) is 12.1 Å². The molecular formula is C13H14FN3O. The normalized spacial score (nSPS) is 10.2. The summed E-state index contributed by atoms with van der Waals surface area (Å²) in [5.74, 6) is 0.631. The van der Waals surface area contributed by atoms with E-state index in [1.807, 2.05) is 0 Å². The summed E-state index contributed by atoms with van der Waals surface area (Å²) in [7, 11) is 1.50. The van der Waals surface area contributed by atoms with Crippen molar-refractivity contribution >= 4 is 17.2 Å². The Kier molecular flexibility index (Phi) is 3.32. The third kappa shape index (κ3) is 2.34. The van der Waals surface area contributed by atoms with Crippen molar-refractivity contribution in [2.45, 2.75) is 6.92 Å². The number of hydrogen-bond donors (Lipinski definition) is 2. The molecule has 1 heterocycles. The highest BCUT2D eigenvalue weighted by atomic mass is 19.1. The minimum absolute atomic E-state index is 0.262. The second kappa shape index (κ2) is 4.91. The molecule has 0 unspecified atom stereocenters. The van der Waals surface area contributed by atoms with Crippen molar-refractivity contribution in [2.24, 2.45) is 0 Å². The van der Waals surface area contributed by atoms with Gasteiger partial charge in [-0.3, -0.25) is 0 Å². The molecule has 1 aromatic heterocycles. The molecule has 0 fully saturated rings. The van der Waals surface area contributed by atoms with Crippen molar-refractivity contribution in [1.82, 2.24) is 4.98 Å². The van der Waals surface area contributed by atoms with Crippen molar-refractivity contribution in [2.75, 3.05) is 18.2 Å². The van der Waals surface area contributed by atoms with E-state index in [1.54, 1.807) is 31.2 Å². The maximum Gasteiger partial charge on any atom is 0.238 e. The van der Waals surface area contributed by atoms with Crippen LogP contribution in [0.4, 0.5) is 21.6 Å². The molecule has 0 saturated carbocycles. The average molecular weight is 247 g/mol. The highest BCUT2D eigenvalue weighted by Gasteiger charge is 2.06. The van der Waals surface area contributed by atoms with Crippen molar-refractivity contribution in [3.05, 3.63) is 41.7 Å². The number of anilines is 3. The van der Waals surface area contributed by atoms with Gasteiger partial charge in [0.1, 0.15) is 11.6 Å². The first kappa shape index (κ1) is 12.2. The molecule has 0 aliphatic rings. The molecule has 5 heteroatoms. The molecule has 0 radical (unpaired) electrons. The lowest BCUT2D eigenvalue weighted by atomic mass is 10.2. The van der Waals surface area contributed by atoms with Crippen LogP contribution in [0.5, 0.6) is 5.88 Å². The van der Waals surface area contributed by atoms with Gasteiger partial charge in [0.25, 0.3) is 0 Å². The van der Waals surface area contributed by atoms with Crippen LogP contribution < -0.4 is 15.8 Å². The molecule has 2 rings (SSSR count). The van der Waals surface area contributed by atoms with E-state index in [9.17, 15) is 4.39 Å². The zero-order chi connectivity index (χ0) is 13.1. The molecule has 0 bridgehead atoms. The number of benzene rings is 1. The first-order chi connectivity index (χ1) is 8.61. The fourth-order valence-corrected chi connectivity index (χ4v) is 1.57. The molecule has 3 N–H and O–H groups in total. The lowest BCUT2D eigenvalue weighted by Crippen LogP contribution is -2.00. The van der Waals surface area contributed by atoms with Crippen LogP contribution in [0, 0.1) is 12.7 Å². The summed E-state index contributed by atoms with van der Waals surface area (Å²) in [4.78, 5) is 4.18. The third-order valence-corrected chi connectivity index (χ3v) is 2.61. The number of ether oxygens (including phenoxy) is 1. The van der Waals surface area contributed by atoms with Crippen LogP contribution in [-0.2, 0) is 0 Å². The zero-order valence-electron chi connectivity index (χ0n) is 10.2. The van der Waals surface area contributed by atoms with Crippen molar-refractivity contribution in [1.29, 1.82) is 0 Å². The van der Waals surface area contributed by atoms with Crippen LogP contribution in [0.15, 0.2) is 30.3 Å². The summed E-state index contributed by atoms with van der Waals surface area (Å²) in [6.07, 6.45) is 0. The number of pyridine rings is 1. The van der Waals surface area contributed by atoms with Gasteiger partial charge in [0, 0.05) is 11.3 Å². The quantitative estimate of drug-likeness (QED) is 0.875. The van der Waals surface area contributed by atoms with Crippen LogP contribution in [0.25, 0.3) is 0 Å². The Morgan fingerprint density at radius 2 is 2.06 bits per heavy atom. The Balaban J connectivity index is 2.31. The van der Waals surface area contributed by atoms with Gasteiger partial charge < -0.3 is 15.8 Å². The van der Waals surface area contributed by atoms with E-state index in [1.165, 1.54) is 13.2 Å². The van der Waals surface area contributed by atoms with E-state index < -0.39 is 0 Å². The topological polar surface area (TPSA) is 60.2 Å². The van der Waals surface area contributed by atoms with Gasteiger partial charge in [0.15, 0.2) is 0 Å². The molecule has 94 valence electrons. The fourth-order valence-electron chi connectivity index (χ4n) is 1.57. The fraction of sp³-hybridized carbons (Fsp3) is 0.154. The first-order valence-electron chi connectivity index (χ1n) is 5.44. The van der Waals surface area contributed by atoms with Gasteiger partial charge in [0.2, 0.25) is 5.88 Å². The Morgan fingerprint density at radius 3 is 2.78 bits per heavy atom. The smallest absolute Gasteiger partial charge is 0.238 e. The molecule has 4 nitrogen and oxygen atoms in total. The summed E-state index contributed by atoms with van der Waals surface area (Å²) in [5.41, 5.74) is 7.33. The van der Waals surface area contributed by atoms with Crippen molar-refractivity contribution < 1.29 is 9.13 Å². The van der Waals surface area contributed by atoms with Gasteiger partial charge in [-0.1, -0.05) is 6.07 Å². The Bertz CT molecular complexity index is 572. The molecule has 18 heavy (non-hydrogen) atoms. The van der Waals surface area contributed by atoms with Gasteiger partial charge in [-0.25, -0.2) is 4.39 Å². The van der Waals surface area contributed by atoms with Crippen molar-refractivity contribution in [3.63, 3.8) is 0 Å². The molecule has 0 amide bonds. The summed E-state index contributed by atoms with van der Waals surface area (Å²) in [6.45, 7) is 1.70. The summed E-state index contributed by atoms with van der Waals surface area (Å²) in [5, 5.41) is 3.03. The maximum absolute atomic E-state index is 13.4. The molecule has 2 aromatic rings. The first-order valence-corrected chi connectivity index (χ1v) is 5.44. The standard InChI is InChI=1S/C13H14FN3O/c1-8-9(14)4-3-5-11(8)16-12-7-6-10(15)13(17-12)18-2/h3-7H,15H2,1-2H3,(H,16,17). The number of methoxy groups -OCH3 is 1. The number of nitrogens with zero attached hydrogens (tertiary/aromatic N) is 1. The van der Waals surface area contributed by atoms with E-state index in [-0.39, 0.29) is 5.82 Å². The van der Waals surface area contributed by atoms with Gasteiger partial charge >= 0.3 is 0 Å². The summed E-state index contributed by atoms with van der Waals surface area (Å²) >= 11 is 0. The van der Waals surface area contributed by atoms with Crippen LogP contribution >= 0.6 is 0 Å². The molecule has 0 saturated heterocycles. The number of nitrogens with one attached hydrogen (secondary N) is 1. The van der Waals surface area contributed by atoms with Crippen LogP contribution in [0.1, 0.15) is 5.56 Å². The molecule has 0 atom stereocenters. The lowest BCUT2D eigenvalue weighted by molar-refractivity contribution is 0.401. The number of nitrogens with two attached hydrogens (primary N) is 1. The molecule has 0 aliphatic carbocycles. The maximum atomic E-state index is 13.4. The van der Waals surface area contributed by atoms with E-state index in [4.69, 9.17) is 10.5 Å². The molecule has 0 aliphatic heterocycles. The van der Waals surface area contributed by atoms with Crippen LogP contribution in [0.2, 0.25) is 0 Å². The lowest BCUT2D eigenvalue weighted by Gasteiger charge is -2.11. The average Bonchev–Trinajstić information content (AvgIpc) is 2.37.